The predicted octanol–water partition coefficient (Wildman–Crippen LogP) is -1.88. The van der Waals surface area contributed by atoms with Crippen molar-refractivity contribution in [1.82, 2.24) is 0 Å². The molecule has 0 bridgehead atoms. The maximum atomic E-state index is 9.29. The van der Waals surface area contributed by atoms with Gasteiger partial charge in [-0.15, -0.1) is 0 Å². The molecule has 0 N–H and O–H groups in total. The summed E-state index contributed by atoms with van der Waals surface area (Å²) in [5.41, 5.74) is 0. The third kappa shape index (κ3) is 10.8. The number of hydrogen-bond acceptors (Lipinski definition) is 5. The summed E-state index contributed by atoms with van der Waals surface area (Å²) in [6.45, 7) is 0. The van der Waals surface area contributed by atoms with Crippen LogP contribution >= 0.6 is 16.5 Å². The Morgan fingerprint density at radius 1 is 1.12 bits per heavy atom. The van der Waals surface area contributed by atoms with Crippen LogP contribution in [-0.4, -0.2) is 48.9 Å². The summed E-state index contributed by atoms with van der Waals surface area (Å²) in [4.78, 5) is 18.6. The summed E-state index contributed by atoms with van der Waals surface area (Å²) in [6, 6.07) is 0. The SMILES string of the molecule is O=[PH]([O-])O[PH](=O)[O-].[Ba+2]. The van der Waals surface area contributed by atoms with Crippen molar-refractivity contribution in [2.45, 2.75) is 0 Å². The van der Waals surface area contributed by atoms with Gasteiger partial charge in [-0.2, -0.15) is 0 Å². The molecule has 44 valence electrons. The van der Waals surface area contributed by atoms with Crippen LogP contribution in [0.5, 0.6) is 0 Å². The minimum Gasteiger partial charge on any atom is -0.781 e. The third-order valence-corrected chi connectivity index (χ3v) is 1.50. The molecular weight excluding hydrogens is 279 g/mol. The van der Waals surface area contributed by atoms with Crippen LogP contribution in [0.2, 0.25) is 0 Å². The zero-order valence-corrected chi connectivity index (χ0v) is 10.2. The van der Waals surface area contributed by atoms with Gasteiger partial charge in [0.1, 0.15) is 16.5 Å². The Hall–Kier alpha value is 1.91. The van der Waals surface area contributed by atoms with Gasteiger partial charge in [-0.05, 0) is 0 Å². The van der Waals surface area contributed by atoms with E-state index in [1.54, 1.807) is 0 Å². The second kappa shape index (κ2) is 7.02. The summed E-state index contributed by atoms with van der Waals surface area (Å²) in [5, 5.41) is 0. The fourth-order valence-corrected chi connectivity index (χ4v) is 0.612. The van der Waals surface area contributed by atoms with Crippen molar-refractivity contribution >= 4 is 65.4 Å². The molecule has 0 aromatic heterocycles. The van der Waals surface area contributed by atoms with E-state index in [0.717, 1.165) is 0 Å². The summed E-state index contributed by atoms with van der Waals surface area (Å²) in [6.07, 6.45) is 0. The normalized spacial score (nSPS) is 16.2. The molecule has 8 heteroatoms. The molecule has 0 spiro atoms. The first-order chi connectivity index (χ1) is 3.13. The second-order valence-corrected chi connectivity index (χ2v) is 2.42. The third-order valence-electron chi connectivity index (χ3n) is 0.167. The molecule has 0 aliphatic rings. The first-order valence-corrected chi connectivity index (χ1v) is 3.67. The molecular formula is H2BaO5P2. The first-order valence-electron chi connectivity index (χ1n) is 1.22. The Labute approximate surface area is 87.4 Å². The number of rotatable bonds is 2. The molecule has 0 heterocycles. The second-order valence-electron chi connectivity index (χ2n) is 0.602. The smallest absolute Gasteiger partial charge is 0.781 e. The van der Waals surface area contributed by atoms with E-state index >= 15 is 0 Å². The monoisotopic (exact) mass is 282 g/mol. The van der Waals surface area contributed by atoms with Crippen molar-refractivity contribution in [2.24, 2.45) is 0 Å². The van der Waals surface area contributed by atoms with E-state index in [-0.39, 0.29) is 48.9 Å². The van der Waals surface area contributed by atoms with Crippen molar-refractivity contribution in [1.29, 1.82) is 0 Å². The Balaban J connectivity index is 0. The molecule has 5 nitrogen and oxygen atoms in total. The molecule has 0 aromatic carbocycles. The van der Waals surface area contributed by atoms with Gasteiger partial charge in [0.15, 0.2) is 0 Å². The number of hydrogen-bond donors (Lipinski definition) is 0. The van der Waals surface area contributed by atoms with Gasteiger partial charge in [0.25, 0.3) is 0 Å². The van der Waals surface area contributed by atoms with E-state index in [0.29, 0.717) is 0 Å². The van der Waals surface area contributed by atoms with Crippen molar-refractivity contribution in [2.75, 3.05) is 0 Å². The zero-order chi connectivity index (χ0) is 5.86. The van der Waals surface area contributed by atoms with Gasteiger partial charge in [-0.3, -0.25) is 4.31 Å². The summed E-state index contributed by atoms with van der Waals surface area (Å²) >= 11 is 0. The van der Waals surface area contributed by atoms with Crippen molar-refractivity contribution in [3.63, 3.8) is 0 Å². The van der Waals surface area contributed by atoms with Crippen molar-refractivity contribution in [3.8, 4) is 0 Å². The van der Waals surface area contributed by atoms with Gasteiger partial charge in [-0.25, -0.2) is 0 Å². The van der Waals surface area contributed by atoms with E-state index in [1.807, 2.05) is 0 Å². The first kappa shape index (κ1) is 12.6. The summed E-state index contributed by atoms with van der Waals surface area (Å²) in [5.74, 6) is 0. The Bertz CT molecular complexity index is 86.6. The molecule has 0 aliphatic heterocycles. The van der Waals surface area contributed by atoms with Crippen LogP contribution < -0.4 is 9.79 Å². The quantitative estimate of drug-likeness (QED) is 0.436. The molecule has 2 unspecified atom stereocenters. The maximum absolute atomic E-state index is 9.29. The van der Waals surface area contributed by atoms with Gasteiger partial charge in [-0.1, -0.05) is 0 Å². The molecule has 0 saturated heterocycles. The van der Waals surface area contributed by atoms with Crippen LogP contribution in [0.4, 0.5) is 0 Å². The molecule has 0 aliphatic carbocycles. The molecule has 0 radical (unpaired) electrons. The average molecular weight is 281 g/mol. The topological polar surface area (TPSA) is 89.5 Å². The van der Waals surface area contributed by atoms with E-state index in [1.165, 1.54) is 0 Å². The van der Waals surface area contributed by atoms with Gasteiger partial charge in [0.2, 0.25) is 0 Å². The summed E-state index contributed by atoms with van der Waals surface area (Å²) < 4.78 is 21.8. The van der Waals surface area contributed by atoms with Crippen LogP contribution in [0.1, 0.15) is 0 Å². The zero-order valence-electron chi connectivity index (χ0n) is 3.75. The van der Waals surface area contributed by atoms with Gasteiger partial charge >= 0.3 is 48.9 Å². The van der Waals surface area contributed by atoms with E-state index < -0.39 is 16.5 Å². The van der Waals surface area contributed by atoms with E-state index in [9.17, 15) is 18.9 Å². The van der Waals surface area contributed by atoms with Crippen LogP contribution in [0.25, 0.3) is 0 Å². The van der Waals surface area contributed by atoms with E-state index in [4.69, 9.17) is 0 Å². The van der Waals surface area contributed by atoms with Gasteiger partial charge < -0.3 is 18.9 Å². The molecule has 0 saturated carbocycles. The Morgan fingerprint density at radius 2 is 1.38 bits per heavy atom. The predicted molar refractivity (Wildman–Crippen MR) is 24.8 cm³/mol. The average Bonchev–Trinajstić information content (AvgIpc) is 1.27. The molecule has 0 amide bonds. The maximum Gasteiger partial charge on any atom is 2.00 e. The van der Waals surface area contributed by atoms with Crippen LogP contribution in [0.3, 0.4) is 0 Å². The van der Waals surface area contributed by atoms with Crippen LogP contribution in [0, 0.1) is 0 Å². The fourth-order valence-electron chi connectivity index (χ4n) is 0.0680. The molecule has 8 heavy (non-hydrogen) atoms. The van der Waals surface area contributed by atoms with Crippen LogP contribution in [-0.2, 0) is 13.4 Å². The summed E-state index contributed by atoms with van der Waals surface area (Å²) in [7, 11) is -7.03. The van der Waals surface area contributed by atoms with Gasteiger partial charge in [0.05, 0.1) is 0 Å². The Morgan fingerprint density at radius 3 is 1.38 bits per heavy atom. The minimum absolute atomic E-state index is 0. The van der Waals surface area contributed by atoms with Gasteiger partial charge in [0, 0.05) is 0 Å². The Kier molecular flexibility index (Phi) is 11.0. The van der Waals surface area contributed by atoms with Crippen molar-refractivity contribution in [3.05, 3.63) is 0 Å². The van der Waals surface area contributed by atoms with E-state index in [2.05, 4.69) is 4.31 Å². The molecule has 0 fully saturated rings. The minimum atomic E-state index is -3.51. The van der Waals surface area contributed by atoms with Crippen LogP contribution in [0.15, 0.2) is 0 Å². The fraction of sp³-hybridized carbons (Fsp3) is 0. The largest absolute Gasteiger partial charge is 2.00 e. The molecule has 2 atom stereocenters. The molecule has 0 rings (SSSR count). The molecule has 0 aromatic rings. The standard InChI is InChI=1S/Ba.H4O5P2/c;1-6(2)5-7(3)4/h;6-7H,(H,1,2)(H,3,4)/q+2;/p-2. The van der Waals surface area contributed by atoms with Crippen molar-refractivity contribution < 1.29 is 23.2 Å².